The summed E-state index contributed by atoms with van der Waals surface area (Å²) in [6.45, 7) is 0. The molecule has 0 aromatic heterocycles. The predicted octanol–water partition coefficient (Wildman–Crippen LogP) is 3.24. The lowest BCUT2D eigenvalue weighted by molar-refractivity contribution is -0.209. The fourth-order valence-electron chi connectivity index (χ4n) is 2.40. The van der Waals surface area contributed by atoms with Crippen molar-refractivity contribution in [2.75, 3.05) is 14.2 Å². The number of hydrogen-bond acceptors (Lipinski definition) is 5. The minimum absolute atomic E-state index is 0.0917. The van der Waals surface area contributed by atoms with Crippen LogP contribution in [-0.2, 0) is 24.6 Å². The second kappa shape index (κ2) is 6.72. The third-order valence-electron chi connectivity index (χ3n) is 3.73. The molecule has 124 valence electrons. The predicted molar refractivity (Wildman–Crippen MR) is 75.4 cm³/mol. The zero-order chi connectivity index (χ0) is 16.4. The van der Waals surface area contributed by atoms with Crippen LogP contribution in [0.2, 0.25) is 0 Å². The van der Waals surface area contributed by atoms with Gasteiger partial charge in [-0.1, -0.05) is 30.3 Å². The standard InChI is InChI=1S/C14H19F2O5P/c1-19-22(18,20-2)21-14(15,16)12-9-11(12)13(17)8-10-6-4-3-5-7-10/h3-7,11-13,17H,8-9H2,1-2H3/t11-,12-,13+/m1/s1. The van der Waals surface area contributed by atoms with E-state index in [1.54, 1.807) is 0 Å². The van der Waals surface area contributed by atoms with E-state index in [4.69, 9.17) is 0 Å². The molecule has 0 bridgehead atoms. The fraction of sp³-hybridized carbons (Fsp3) is 0.571. The molecule has 0 aliphatic heterocycles. The van der Waals surface area contributed by atoms with Crippen molar-refractivity contribution in [3.05, 3.63) is 35.9 Å². The molecular weight excluding hydrogens is 317 g/mol. The molecular formula is C14H19F2O5P. The first kappa shape index (κ1) is 17.5. The van der Waals surface area contributed by atoms with E-state index in [0.717, 1.165) is 19.8 Å². The Labute approximate surface area is 127 Å². The number of benzene rings is 1. The maximum Gasteiger partial charge on any atom is 0.479 e. The Morgan fingerprint density at radius 3 is 2.45 bits per heavy atom. The molecule has 1 aliphatic carbocycles. The smallest absolute Gasteiger partial charge is 0.392 e. The van der Waals surface area contributed by atoms with Crippen LogP contribution in [0, 0.1) is 11.8 Å². The van der Waals surface area contributed by atoms with Gasteiger partial charge in [-0.05, 0) is 24.3 Å². The van der Waals surface area contributed by atoms with Crippen LogP contribution >= 0.6 is 7.82 Å². The average molecular weight is 336 g/mol. The molecule has 0 spiro atoms. The maximum atomic E-state index is 14.0. The van der Waals surface area contributed by atoms with Gasteiger partial charge in [0.1, 0.15) is 0 Å². The van der Waals surface area contributed by atoms with Crippen LogP contribution in [0.5, 0.6) is 0 Å². The first-order chi connectivity index (χ1) is 10.3. The molecule has 0 heterocycles. The van der Waals surface area contributed by atoms with Crippen LogP contribution in [0.4, 0.5) is 8.78 Å². The van der Waals surface area contributed by atoms with Gasteiger partial charge >= 0.3 is 13.9 Å². The van der Waals surface area contributed by atoms with Gasteiger partial charge in [0.25, 0.3) is 0 Å². The van der Waals surface area contributed by atoms with Gasteiger partial charge in [-0.3, -0.25) is 9.05 Å². The van der Waals surface area contributed by atoms with Crippen LogP contribution in [0.1, 0.15) is 12.0 Å². The Morgan fingerprint density at radius 1 is 1.32 bits per heavy atom. The summed E-state index contributed by atoms with van der Waals surface area (Å²) >= 11 is 0. The van der Waals surface area contributed by atoms with E-state index in [9.17, 15) is 18.5 Å². The Hall–Kier alpha value is -0.850. The lowest BCUT2D eigenvalue weighted by Gasteiger charge is -2.22. The van der Waals surface area contributed by atoms with Crippen molar-refractivity contribution in [1.29, 1.82) is 0 Å². The highest BCUT2D eigenvalue weighted by Gasteiger charge is 2.61. The number of hydrogen-bond donors (Lipinski definition) is 1. The van der Waals surface area contributed by atoms with Crippen molar-refractivity contribution in [2.24, 2.45) is 11.8 Å². The summed E-state index contributed by atoms with van der Waals surface area (Å²) in [7, 11) is -2.34. The first-order valence-corrected chi connectivity index (χ1v) is 8.29. The van der Waals surface area contributed by atoms with Gasteiger partial charge in [-0.25, -0.2) is 9.09 Å². The molecule has 0 unspecified atom stereocenters. The van der Waals surface area contributed by atoms with Crippen molar-refractivity contribution in [3.8, 4) is 0 Å². The summed E-state index contributed by atoms with van der Waals surface area (Å²) in [6, 6.07) is 9.11. The molecule has 3 atom stereocenters. The summed E-state index contributed by atoms with van der Waals surface area (Å²) in [5, 5.41) is 10.1. The van der Waals surface area contributed by atoms with E-state index < -0.39 is 31.9 Å². The molecule has 1 aromatic rings. The van der Waals surface area contributed by atoms with E-state index in [0.29, 0.717) is 0 Å². The van der Waals surface area contributed by atoms with Gasteiger partial charge < -0.3 is 5.11 Å². The van der Waals surface area contributed by atoms with Gasteiger partial charge in [0.15, 0.2) is 0 Å². The zero-order valence-corrected chi connectivity index (χ0v) is 13.2. The topological polar surface area (TPSA) is 65.0 Å². The van der Waals surface area contributed by atoms with E-state index in [1.807, 2.05) is 30.3 Å². The number of alkyl halides is 2. The molecule has 0 saturated heterocycles. The van der Waals surface area contributed by atoms with Gasteiger partial charge in [0.05, 0.1) is 12.0 Å². The first-order valence-electron chi connectivity index (χ1n) is 6.83. The van der Waals surface area contributed by atoms with E-state index >= 15 is 0 Å². The number of phosphoric acid groups is 1. The molecule has 1 aromatic carbocycles. The lowest BCUT2D eigenvalue weighted by atomic mass is 10.0. The van der Waals surface area contributed by atoms with Gasteiger partial charge in [-0.15, -0.1) is 0 Å². The van der Waals surface area contributed by atoms with Crippen LogP contribution in [-0.4, -0.2) is 31.5 Å². The number of rotatable bonds is 8. The summed E-state index contributed by atoms with van der Waals surface area (Å²) in [6.07, 6.45) is -4.21. The van der Waals surface area contributed by atoms with Crippen molar-refractivity contribution in [3.63, 3.8) is 0 Å². The van der Waals surface area contributed by atoms with Gasteiger partial charge in [0.2, 0.25) is 0 Å². The summed E-state index contributed by atoms with van der Waals surface area (Å²) in [5.74, 6) is -1.82. The minimum atomic E-state index is -4.27. The molecule has 1 N–H and O–H groups in total. The van der Waals surface area contributed by atoms with E-state index in [-0.39, 0.29) is 12.8 Å². The second-order valence-corrected chi connectivity index (χ2v) is 7.04. The molecule has 22 heavy (non-hydrogen) atoms. The third-order valence-corrected chi connectivity index (χ3v) is 5.10. The van der Waals surface area contributed by atoms with Gasteiger partial charge in [-0.2, -0.15) is 8.78 Å². The monoisotopic (exact) mass is 336 g/mol. The summed E-state index contributed by atoms with van der Waals surface area (Å²) in [5.41, 5.74) is 0.865. The molecule has 8 heteroatoms. The molecule has 2 rings (SSSR count). The van der Waals surface area contributed by atoms with Crippen LogP contribution in [0.25, 0.3) is 0 Å². The van der Waals surface area contributed by atoms with Crippen molar-refractivity contribution in [1.82, 2.24) is 0 Å². The molecule has 0 amide bonds. The third kappa shape index (κ3) is 4.12. The Balaban J connectivity index is 1.94. The van der Waals surface area contributed by atoms with Crippen molar-refractivity contribution >= 4 is 7.82 Å². The Kier molecular flexibility index (Phi) is 5.35. The van der Waals surface area contributed by atoms with Crippen molar-refractivity contribution < 1.29 is 32.0 Å². The molecule has 1 saturated carbocycles. The zero-order valence-electron chi connectivity index (χ0n) is 12.3. The molecule has 1 aliphatic rings. The average Bonchev–Trinajstić information content (AvgIpc) is 3.29. The van der Waals surface area contributed by atoms with Crippen LogP contribution in [0.15, 0.2) is 30.3 Å². The number of phosphoric ester groups is 1. The number of aliphatic hydroxyl groups is 1. The van der Waals surface area contributed by atoms with Crippen molar-refractivity contribution in [2.45, 2.75) is 25.1 Å². The Bertz CT molecular complexity index is 531. The normalized spacial score (nSPS) is 23.3. The second-order valence-electron chi connectivity index (χ2n) is 5.23. The highest BCUT2D eigenvalue weighted by molar-refractivity contribution is 7.48. The van der Waals surface area contributed by atoms with Crippen LogP contribution < -0.4 is 0 Å². The highest BCUT2D eigenvalue weighted by atomic mass is 31.2. The maximum absolute atomic E-state index is 14.0. The van der Waals surface area contributed by atoms with Crippen LogP contribution in [0.3, 0.4) is 0 Å². The van der Waals surface area contributed by atoms with E-state index in [2.05, 4.69) is 13.6 Å². The SMILES string of the molecule is COP(=O)(OC)OC(F)(F)[C@@H]1C[C@H]1[C@@H](O)Cc1ccccc1. The minimum Gasteiger partial charge on any atom is -0.392 e. The van der Waals surface area contributed by atoms with E-state index in [1.165, 1.54) is 0 Å². The molecule has 1 fully saturated rings. The number of aliphatic hydroxyl groups excluding tert-OH is 1. The summed E-state index contributed by atoms with van der Waals surface area (Å²) in [4.78, 5) is 0. The molecule has 0 radical (unpaired) electrons. The highest BCUT2D eigenvalue weighted by Crippen LogP contribution is 2.60. The summed E-state index contributed by atoms with van der Waals surface area (Å²) < 4.78 is 52.5. The van der Waals surface area contributed by atoms with Gasteiger partial charge in [0, 0.05) is 14.2 Å². The lowest BCUT2D eigenvalue weighted by Crippen LogP contribution is -2.27. The number of halogens is 2. The Morgan fingerprint density at radius 2 is 1.91 bits per heavy atom. The largest absolute Gasteiger partial charge is 0.479 e. The fourth-order valence-corrected chi connectivity index (χ4v) is 3.13. The molecule has 5 nitrogen and oxygen atoms in total. The quantitative estimate of drug-likeness (QED) is 0.739.